The van der Waals surface area contributed by atoms with Crippen LogP contribution < -0.4 is 10.9 Å². The zero-order valence-corrected chi connectivity index (χ0v) is 17.8. The van der Waals surface area contributed by atoms with Crippen molar-refractivity contribution in [3.63, 3.8) is 0 Å². The lowest BCUT2D eigenvalue weighted by atomic mass is 9.94. The van der Waals surface area contributed by atoms with Crippen molar-refractivity contribution >= 4 is 29.6 Å². The third-order valence-corrected chi connectivity index (χ3v) is 5.78. The SMILES string of the molecule is O=C(COC(=O)c1ccc2c(c1)C(=O)N(C1CCCCC1)C2=O)NNC(=O)c1ccccc1. The van der Waals surface area contributed by atoms with Gasteiger partial charge in [0.2, 0.25) is 0 Å². The lowest BCUT2D eigenvalue weighted by molar-refractivity contribution is -0.125. The number of nitrogens with zero attached hydrogens (tertiary/aromatic N) is 1. The van der Waals surface area contributed by atoms with Gasteiger partial charge in [0.25, 0.3) is 23.6 Å². The molecule has 0 aromatic heterocycles. The minimum absolute atomic E-state index is 0.0570. The number of carbonyl (C=O) groups is 5. The molecule has 33 heavy (non-hydrogen) atoms. The molecule has 1 saturated carbocycles. The largest absolute Gasteiger partial charge is 0.452 e. The molecule has 1 heterocycles. The first-order valence-electron chi connectivity index (χ1n) is 10.8. The fraction of sp³-hybridized carbons (Fsp3) is 0.292. The number of benzene rings is 2. The highest BCUT2D eigenvalue weighted by Gasteiger charge is 2.40. The summed E-state index contributed by atoms with van der Waals surface area (Å²) in [6.07, 6.45) is 4.62. The predicted octanol–water partition coefficient (Wildman–Crippen LogP) is 2.23. The van der Waals surface area contributed by atoms with Crippen molar-refractivity contribution in [1.82, 2.24) is 15.8 Å². The van der Waals surface area contributed by atoms with E-state index in [0.29, 0.717) is 5.56 Å². The highest BCUT2D eigenvalue weighted by molar-refractivity contribution is 6.22. The quantitative estimate of drug-likeness (QED) is 0.410. The molecule has 0 radical (unpaired) electrons. The highest BCUT2D eigenvalue weighted by Crippen LogP contribution is 2.31. The van der Waals surface area contributed by atoms with Gasteiger partial charge in [-0.2, -0.15) is 0 Å². The number of hydrazine groups is 1. The fourth-order valence-electron chi connectivity index (χ4n) is 4.10. The van der Waals surface area contributed by atoms with Gasteiger partial charge in [-0.1, -0.05) is 37.5 Å². The normalized spacial score (nSPS) is 15.7. The van der Waals surface area contributed by atoms with Gasteiger partial charge < -0.3 is 4.74 Å². The van der Waals surface area contributed by atoms with Crippen LogP contribution in [0.4, 0.5) is 0 Å². The first kappa shape index (κ1) is 22.2. The molecule has 170 valence electrons. The highest BCUT2D eigenvalue weighted by atomic mass is 16.5. The Balaban J connectivity index is 1.33. The van der Waals surface area contributed by atoms with Crippen molar-refractivity contribution in [3.8, 4) is 0 Å². The number of carbonyl (C=O) groups excluding carboxylic acids is 5. The predicted molar refractivity (Wildman–Crippen MR) is 116 cm³/mol. The summed E-state index contributed by atoms with van der Waals surface area (Å²) < 4.78 is 4.98. The minimum Gasteiger partial charge on any atom is -0.452 e. The Morgan fingerprint density at radius 2 is 1.55 bits per heavy atom. The summed E-state index contributed by atoms with van der Waals surface area (Å²) in [5.41, 5.74) is 5.23. The Morgan fingerprint density at radius 3 is 2.27 bits per heavy atom. The minimum atomic E-state index is -0.821. The Kier molecular flexibility index (Phi) is 6.48. The number of fused-ring (bicyclic) bond motifs is 1. The van der Waals surface area contributed by atoms with Gasteiger partial charge in [0.05, 0.1) is 16.7 Å². The molecule has 2 N–H and O–H groups in total. The van der Waals surface area contributed by atoms with Gasteiger partial charge in [-0.3, -0.25) is 34.9 Å². The number of esters is 1. The van der Waals surface area contributed by atoms with Crippen molar-refractivity contribution in [2.24, 2.45) is 0 Å². The number of amides is 4. The fourth-order valence-corrected chi connectivity index (χ4v) is 4.10. The van der Waals surface area contributed by atoms with E-state index in [9.17, 15) is 24.0 Å². The maximum Gasteiger partial charge on any atom is 0.338 e. The summed E-state index contributed by atoms with van der Waals surface area (Å²) >= 11 is 0. The Bertz CT molecular complexity index is 1110. The molecule has 1 aliphatic heterocycles. The van der Waals surface area contributed by atoms with Crippen molar-refractivity contribution in [2.75, 3.05) is 6.61 Å². The standard InChI is InChI=1S/C24H23N3O6/c28-20(25-26-21(29)15-7-3-1-4-8-15)14-33-24(32)16-11-12-18-19(13-16)23(31)27(22(18)30)17-9-5-2-6-10-17/h1,3-4,7-8,11-13,17H,2,5-6,9-10,14H2,(H,25,28)(H,26,29). The lowest BCUT2D eigenvalue weighted by Crippen LogP contribution is -2.43. The first-order valence-corrected chi connectivity index (χ1v) is 10.8. The van der Waals surface area contributed by atoms with Crippen molar-refractivity contribution in [2.45, 2.75) is 38.1 Å². The number of nitrogens with one attached hydrogen (secondary N) is 2. The molecular weight excluding hydrogens is 426 g/mol. The van der Waals surface area contributed by atoms with Crippen LogP contribution in [0.5, 0.6) is 0 Å². The maximum atomic E-state index is 12.9. The molecule has 2 aromatic rings. The molecule has 9 heteroatoms. The Hall–Kier alpha value is -4.01. The average molecular weight is 449 g/mol. The molecule has 2 aliphatic rings. The van der Waals surface area contributed by atoms with Crippen LogP contribution in [-0.4, -0.2) is 47.1 Å². The smallest absolute Gasteiger partial charge is 0.338 e. The van der Waals surface area contributed by atoms with Gasteiger partial charge in [-0.25, -0.2) is 4.79 Å². The molecule has 0 saturated heterocycles. The van der Waals surface area contributed by atoms with E-state index in [0.717, 1.165) is 32.1 Å². The van der Waals surface area contributed by atoms with E-state index in [1.54, 1.807) is 30.3 Å². The van der Waals surface area contributed by atoms with Crippen LogP contribution in [0.1, 0.15) is 73.5 Å². The number of ether oxygens (including phenoxy) is 1. The Morgan fingerprint density at radius 1 is 0.848 bits per heavy atom. The van der Waals surface area contributed by atoms with Crippen molar-refractivity contribution in [3.05, 3.63) is 70.8 Å². The number of hydrogen-bond acceptors (Lipinski definition) is 6. The van der Waals surface area contributed by atoms with Gasteiger partial charge >= 0.3 is 5.97 Å². The number of hydrogen-bond donors (Lipinski definition) is 2. The molecular formula is C24H23N3O6. The van der Waals surface area contributed by atoms with Crippen LogP contribution in [-0.2, 0) is 9.53 Å². The van der Waals surface area contributed by atoms with E-state index in [1.165, 1.54) is 23.1 Å². The molecule has 0 spiro atoms. The molecule has 0 bridgehead atoms. The molecule has 1 aliphatic carbocycles. The Labute approximate surface area is 190 Å². The molecule has 4 amide bonds. The second-order valence-electron chi connectivity index (χ2n) is 7.98. The van der Waals surface area contributed by atoms with Gasteiger partial charge in [-0.05, 0) is 43.2 Å². The van der Waals surface area contributed by atoms with Crippen LogP contribution in [0, 0.1) is 0 Å². The van der Waals surface area contributed by atoms with Crippen LogP contribution in [0.3, 0.4) is 0 Å². The monoisotopic (exact) mass is 449 g/mol. The summed E-state index contributed by atoms with van der Waals surface area (Å²) in [5, 5.41) is 0. The van der Waals surface area contributed by atoms with Gasteiger partial charge in [0.15, 0.2) is 6.61 Å². The van der Waals surface area contributed by atoms with E-state index < -0.39 is 30.3 Å². The maximum absolute atomic E-state index is 12.9. The van der Waals surface area contributed by atoms with Gasteiger partial charge in [0, 0.05) is 11.6 Å². The van der Waals surface area contributed by atoms with Crippen LogP contribution in [0.25, 0.3) is 0 Å². The molecule has 0 atom stereocenters. The van der Waals surface area contributed by atoms with E-state index in [4.69, 9.17) is 4.74 Å². The molecule has 0 unspecified atom stereocenters. The van der Waals surface area contributed by atoms with Gasteiger partial charge in [0.1, 0.15) is 0 Å². The topological polar surface area (TPSA) is 122 Å². The molecule has 4 rings (SSSR count). The lowest BCUT2D eigenvalue weighted by Gasteiger charge is -2.29. The first-order chi connectivity index (χ1) is 16.0. The number of imide groups is 1. The van der Waals surface area contributed by atoms with Crippen molar-refractivity contribution in [1.29, 1.82) is 0 Å². The second-order valence-corrected chi connectivity index (χ2v) is 7.98. The summed E-state index contributed by atoms with van der Waals surface area (Å²) in [6, 6.07) is 12.3. The molecule has 2 aromatic carbocycles. The van der Waals surface area contributed by atoms with E-state index >= 15 is 0 Å². The van der Waals surface area contributed by atoms with E-state index in [2.05, 4.69) is 10.9 Å². The zero-order chi connectivity index (χ0) is 23.4. The average Bonchev–Trinajstić information content (AvgIpc) is 3.11. The molecule has 9 nitrogen and oxygen atoms in total. The van der Waals surface area contributed by atoms with E-state index in [1.807, 2.05) is 0 Å². The summed E-state index contributed by atoms with van der Waals surface area (Å²) in [6.45, 7) is -0.633. The summed E-state index contributed by atoms with van der Waals surface area (Å²) in [4.78, 5) is 63.1. The number of rotatable bonds is 5. The zero-order valence-electron chi connectivity index (χ0n) is 17.8. The summed E-state index contributed by atoms with van der Waals surface area (Å²) in [7, 11) is 0. The second kappa shape index (κ2) is 9.64. The van der Waals surface area contributed by atoms with Crippen molar-refractivity contribution < 1.29 is 28.7 Å². The summed E-state index contributed by atoms with van der Waals surface area (Å²) in [5.74, 6) is -2.81. The molecule has 1 fully saturated rings. The third kappa shape index (κ3) is 4.77. The third-order valence-electron chi connectivity index (χ3n) is 5.78. The van der Waals surface area contributed by atoms with Crippen LogP contribution >= 0.6 is 0 Å². The van der Waals surface area contributed by atoms with E-state index in [-0.39, 0.29) is 28.6 Å². The van der Waals surface area contributed by atoms with Crippen LogP contribution in [0.2, 0.25) is 0 Å². The van der Waals surface area contributed by atoms with Gasteiger partial charge in [-0.15, -0.1) is 0 Å². The van der Waals surface area contributed by atoms with Crippen LogP contribution in [0.15, 0.2) is 48.5 Å².